The number of nitrogens with one attached hydrogen (secondary N) is 2. The van der Waals surface area contributed by atoms with Gasteiger partial charge < -0.3 is 25.1 Å². The summed E-state index contributed by atoms with van der Waals surface area (Å²) in [5, 5.41) is 8.03. The molecule has 6 rings (SSSR count). The third kappa shape index (κ3) is 3.31. The minimum absolute atomic E-state index is 0.101. The van der Waals surface area contributed by atoms with Crippen molar-refractivity contribution >= 4 is 45.3 Å². The van der Waals surface area contributed by atoms with Crippen LogP contribution in [0.5, 0.6) is 5.75 Å². The van der Waals surface area contributed by atoms with Crippen molar-refractivity contribution in [3.63, 3.8) is 0 Å². The third-order valence-electron chi connectivity index (χ3n) is 6.32. The Hall–Kier alpha value is -4.38. The number of benzene rings is 2. The van der Waals surface area contributed by atoms with E-state index in [4.69, 9.17) is 14.9 Å². The minimum atomic E-state index is -1.58. The van der Waals surface area contributed by atoms with E-state index >= 15 is 0 Å². The number of urea groups is 1. The number of hydrogen-bond acceptors (Lipinski definition) is 8. The first-order valence-corrected chi connectivity index (χ1v) is 11.6. The number of amides is 4. The molecule has 0 bridgehead atoms. The molecule has 0 spiro atoms. The number of aromatic nitrogens is 1. The van der Waals surface area contributed by atoms with Crippen molar-refractivity contribution in [3.8, 4) is 17.0 Å². The van der Waals surface area contributed by atoms with Crippen LogP contribution in [0, 0.1) is 0 Å². The number of carbonyl (C=O) groups excluding carboxylic acids is 3. The summed E-state index contributed by atoms with van der Waals surface area (Å²) in [4.78, 5) is 44.3. The van der Waals surface area contributed by atoms with Crippen LogP contribution in [0.15, 0.2) is 52.3 Å². The Balaban J connectivity index is 1.38. The zero-order valence-corrected chi connectivity index (χ0v) is 19.3. The summed E-state index contributed by atoms with van der Waals surface area (Å²) < 4.78 is 11.3. The number of methoxy groups -OCH3 is 1. The molecule has 1 unspecified atom stereocenters. The quantitative estimate of drug-likeness (QED) is 0.366. The Labute approximate surface area is 202 Å². The Morgan fingerprint density at radius 2 is 2.06 bits per heavy atom. The first-order valence-electron chi connectivity index (χ1n) is 10.7. The van der Waals surface area contributed by atoms with Crippen molar-refractivity contribution in [2.45, 2.75) is 12.1 Å². The Bertz CT molecular complexity index is 1540. The average molecular weight is 490 g/mol. The minimum Gasteiger partial charge on any atom is -0.497 e. The van der Waals surface area contributed by atoms with E-state index in [1.165, 1.54) is 23.3 Å². The number of fused-ring (bicyclic) bond motifs is 2. The molecule has 1 atom stereocenters. The molecule has 2 aromatic carbocycles. The molecule has 4 N–H and O–H groups in total. The summed E-state index contributed by atoms with van der Waals surface area (Å²) in [6.07, 6.45) is 0. The van der Waals surface area contributed by atoms with Gasteiger partial charge in [-0.2, -0.15) is 0 Å². The summed E-state index contributed by atoms with van der Waals surface area (Å²) in [6.45, 7) is 0.189. The van der Waals surface area contributed by atoms with E-state index < -0.39 is 17.5 Å². The number of anilines is 1. The van der Waals surface area contributed by atoms with E-state index in [1.54, 1.807) is 24.3 Å². The number of hydrogen-bond donors (Lipinski definition) is 3. The van der Waals surface area contributed by atoms with Crippen molar-refractivity contribution in [2.75, 3.05) is 19.4 Å². The molecule has 35 heavy (non-hydrogen) atoms. The van der Waals surface area contributed by atoms with Gasteiger partial charge in [-0.25, -0.2) is 9.78 Å². The molecule has 2 aliphatic rings. The van der Waals surface area contributed by atoms with Crippen LogP contribution < -0.4 is 21.1 Å². The second-order valence-corrected chi connectivity index (χ2v) is 9.32. The number of rotatable bonds is 5. The van der Waals surface area contributed by atoms with Crippen molar-refractivity contribution in [3.05, 3.63) is 64.7 Å². The second-order valence-electron chi connectivity index (χ2n) is 8.43. The van der Waals surface area contributed by atoms with Gasteiger partial charge in [0.15, 0.2) is 10.7 Å². The van der Waals surface area contributed by atoms with Gasteiger partial charge >= 0.3 is 6.03 Å². The van der Waals surface area contributed by atoms with Crippen LogP contribution >= 0.6 is 11.3 Å². The number of ether oxygens (including phenoxy) is 1. The van der Waals surface area contributed by atoms with Crippen LogP contribution in [0.1, 0.15) is 21.7 Å². The SMILES string of the molecule is COc1ccc2c(c1)C(=O)N(CC1(c3cc4cc(-c5csc(N)n5)ccc4o3)NC(=O)NC1=O)C2. The largest absolute Gasteiger partial charge is 0.497 e. The third-order valence-corrected chi connectivity index (χ3v) is 6.99. The van der Waals surface area contributed by atoms with Gasteiger partial charge in [0.25, 0.3) is 11.8 Å². The monoisotopic (exact) mass is 489 g/mol. The van der Waals surface area contributed by atoms with Gasteiger partial charge in [0.05, 0.1) is 19.3 Å². The molecular formula is C24H19N5O5S. The molecule has 1 saturated heterocycles. The normalized spacial score (nSPS) is 19.2. The van der Waals surface area contributed by atoms with Gasteiger partial charge in [-0.15, -0.1) is 11.3 Å². The molecule has 2 aliphatic heterocycles. The van der Waals surface area contributed by atoms with E-state index in [1.807, 2.05) is 23.6 Å². The van der Waals surface area contributed by atoms with Crippen LogP contribution in [0.3, 0.4) is 0 Å². The van der Waals surface area contributed by atoms with Gasteiger partial charge in [-0.3, -0.25) is 14.9 Å². The van der Waals surface area contributed by atoms with Crippen LogP contribution in [0.2, 0.25) is 0 Å². The highest BCUT2D eigenvalue weighted by Crippen LogP contribution is 2.36. The highest BCUT2D eigenvalue weighted by Gasteiger charge is 2.53. The van der Waals surface area contributed by atoms with Crippen molar-refractivity contribution in [2.24, 2.45) is 0 Å². The maximum atomic E-state index is 13.2. The fourth-order valence-electron chi connectivity index (χ4n) is 4.57. The van der Waals surface area contributed by atoms with E-state index in [9.17, 15) is 14.4 Å². The zero-order valence-electron chi connectivity index (χ0n) is 18.5. The Morgan fingerprint density at radius 1 is 1.20 bits per heavy atom. The predicted molar refractivity (Wildman–Crippen MR) is 128 cm³/mol. The summed E-state index contributed by atoms with van der Waals surface area (Å²) in [5.74, 6) is -0.0511. The van der Waals surface area contributed by atoms with E-state index in [-0.39, 0.29) is 18.2 Å². The van der Waals surface area contributed by atoms with Crippen LogP contribution in [-0.4, -0.2) is 41.4 Å². The first-order chi connectivity index (χ1) is 16.9. The van der Waals surface area contributed by atoms with Gasteiger partial charge in [-0.1, -0.05) is 6.07 Å². The van der Waals surface area contributed by atoms with E-state index in [0.29, 0.717) is 28.6 Å². The number of nitrogens with two attached hydrogens (primary N) is 1. The molecule has 4 amide bonds. The van der Waals surface area contributed by atoms with E-state index in [2.05, 4.69) is 15.6 Å². The van der Waals surface area contributed by atoms with E-state index in [0.717, 1.165) is 22.2 Å². The molecule has 0 aliphatic carbocycles. The Kier molecular flexibility index (Phi) is 4.58. The highest BCUT2D eigenvalue weighted by atomic mass is 32.1. The standard InChI is InChI=1S/C24H19N5O5S/c1-33-15-4-2-13-9-29(20(30)16(13)8-15)11-24(21(31)27-23(32)28-24)19-7-14-6-12(3-5-18(14)34-19)17-10-35-22(25)26-17/h2-8,10H,9,11H2,1H3,(H2,25,26)(H2,27,28,31,32). The first kappa shape index (κ1) is 21.2. The summed E-state index contributed by atoms with van der Waals surface area (Å²) in [5.41, 5.74) is 7.59. The number of carbonyl (C=O) groups is 3. The number of nitrogens with zero attached hydrogens (tertiary/aromatic N) is 2. The number of furan rings is 1. The topological polar surface area (TPSA) is 140 Å². The Morgan fingerprint density at radius 3 is 2.77 bits per heavy atom. The number of nitrogen functional groups attached to an aromatic ring is 1. The smallest absolute Gasteiger partial charge is 0.322 e. The predicted octanol–water partition coefficient (Wildman–Crippen LogP) is 2.84. The van der Waals surface area contributed by atoms with Gasteiger partial charge in [-0.05, 0) is 42.0 Å². The van der Waals surface area contributed by atoms with Gasteiger partial charge in [0.2, 0.25) is 0 Å². The number of imide groups is 1. The molecule has 4 heterocycles. The lowest BCUT2D eigenvalue weighted by Gasteiger charge is -2.29. The molecule has 11 heteroatoms. The summed E-state index contributed by atoms with van der Waals surface area (Å²) in [6, 6.07) is 11.8. The summed E-state index contributed by atoms with van der Waals surface area (Å²) >= 11 is 1.34. The average Bonchev–Trinajstić information content (AvgIpc) is 3.60. The second kappa shape index (κ2) is 7.57. The lowest BCUT2D eigenvalue weighted by Crippen LogP contribution is -2.52. The van der Waals surface area contributed by atoms with Crippen molar-refractivity contribution in [1.82, 2.24) is 20.5 Å². The van der Waals surface area contributed by atoms with Crippen LogP contribution in [-0.2, 0) is 16.9 Å². The lowest BCUT2D eigenvalue weighted by atomic mass is 9.95. The molecular weight excluding hydrogens is 470 g/mol. The summed E-state index contributed by atoms with van der Waals surface area (Å²) in [7, 11) is 1.53. The molecule has 176 valence electrons. The van der Waals surface area contributed by atoms with Gasteiger partial charge in [0, 0.05) is 28.4 Å². The lowest BCUT2D eigenvalue weighted by molar-refractivity contribution is -0.125. The highest BCUT2D eigenvalue weighted by molar-refractivity contribution is 7.13. The van der Waals surface area contributed by atoms with Gasteiger partial charge in [0.1, 0.15) is 17.1 Å². The van der Waals surface area contributed by atoms with Crippen LogP contribution in [0.25, 0.3) is 22.2 Å². The van der Waals surface area contributed by atoms with Crippen molar-refractivity contribution in [1.29, 1.82) is 0 Å². The maximum absolute atomic E-state index is 13.2. The molecule has 0 saturated carbocycles. The van der Waals surface area contributed by atoms with Crippen LogP contribution in [0.4, 0.5) is 9.93 Å². The fourth-order valence-corrected chi connectivity index (χ4v) is 5.14. The fraction of sp³-hybridized carbons (Fsp3) is 0.167. The maximum Gasteiger partial charge on any atom is 0.322 e. The number of thiazole rings is 1. The molecule has 0 radical (unpaired) electrons. The molecule has 10 nitrogen and oxygen atoms in total. The van der Waals surface area contributed by atoms with Crippen molar-refractivity contribution < 1.29 is 23.5 Å². The molecule has 2 aromatic heterocycles. The zero-order chi connectivity index (χ0) is 24.3. The molecule has 4 aromatic rings. The molecule has 1 fully saturated rings.